The molecule has 0 bridgehead atoms. The molecule has 6 nitrogen and oxygen atoms in total. The Labute approximate surface area is 214 Å². The second kappa shape index (κ2) is 12.9. The fourth-order valence-corrected chi connectivity index (χ4v) is 4.58. The number of carbonyl (C=O) groups excluding carboxylic acids is 1. The first-order valence-corrected chi connectivity index (χ1v) is 11.8. The zero-order valence-electron chi connectivity index (χ0n) is 19.5. The number of aliphatic imine (C=N–C) groups is 1. The van der Waals surface area contributed by atoms with E-state index in [1.807, 2.05) is 24.1 Å². The molecule has 0 saturated carbocycles. The van der Waals surface area contributed by atoms with E-state index < -0.39 is 0 Å². The highest BCUT2D eigenvalue weighted by Crippen LogP contribution is 2.22. The first-order valence-electron chi connectivity index (χ1n) is 11.8. The van der Waals surface area contributed by atoms with Crippen molar-refractivity contribution in [2.24, 2.45) is 4.99 Å². The molecule has 2 aliphatic heterocycles. The van der Waals surface area contributed by atoms with Gasteiger partial charge in [-0.05, 0) is 36.0 Å². The van der Waals surface area contributed by atoms with Crippen molar-refractivity contribution in [2.45, 2.75) is 51.4 Å². The number of nitrogens with one attached hydrogen (secondary N) is 2. The summed E-state index contributed by atoms with van der Waals surface area (Å²) >= 11 is 0. The molecule has 33 heavy (non-hydrogen) atoms. The van der Waals surface area contributed by atoms with Crippen LogP contribution in [0.5, 0.6) is 0 Å². The molecule has 2 N–H and O–H groups in total. The number of fused-ring (bicyclic) bond motifs is 1. The molecule has 2 aromatic carbocycles. The van der Waals surface area contributed by atoms with Crippen LogP contribution in [0.25, 0.3) is 0 Å². The molecule has 0 spiro atoms. The molecule has 0 unspecified atom stereocenters. The second-order valence-electron chi connectivity index (χ2n) is 8.80. The van der Waals surface area contributed by atoms with Crippen molar-refractivity contribution < 1.29 is 4.79 Å². The van der Waals surface area contributed by atoms with Crippen LogP contribution in [0.4, 0.5) is 0 Å². The van der Waals surface area contributed by atoms with Crippen molar-refractivity contribution in [1.29, 1.82) is 0 Å². The highest BCUT2D eigenvalue weighted by Gasteiger charge is 2.22. The number of carbonyl (C=O) groups is 1. The zero-order chi connectivity index (χ0) is 22.2. The molecule has 1 saturated heterocycles. The van der Waals surface area contributed by atoms with Crippen LogP contribution in [0.1, 0.15) is 42.4 Å². The van der Waals surface area contributed by atoms with Gasteiger partial charge in [-0.2, -0.15) is 0 Å². The van der Waals surface area contributed by atoms with Crippen LogP contribution in [-0.2, 0) is 24.4 Å². The van der Waals surface area contributed by atoms with Gasteiger partial charge in [-0.3, -0.25) is 14.7 Å². The van der Waals surface area contributed by atoms with Crippen molar-refractivity contribution in [1.82, 2.24) is 20.4 Å². The lowest BCUT2D eigenvalue weighted by Crippen LogP contribution is -2.48. The standard InChI is InChI=1S/C26H35N5O.HI/c1-27-26(29-24-13-16-30(17-14-24)18-21-8-3-2-4-9-21)28-15-7-12-25(32)31-19-22-10-5-6-11-23(22)20-31;/h2-6,8-11,24H,7,12-20H2,1H3,(H2,27,28,29);1H. The number of guanidine groups is 1. The molecule has 0 atom stereocenters. The molecule has 2 heterocycles. The third kappa shape index (κ3) is 7.43. The van der Waals surface area contributed by atoms with Crippen molar-refractivity contribution in [3.8, 4) is 0 Å². The zero-order valence-corrected chi connectivity index (χ0v) is 21.8. The molecule has 178 valence electrons. The third-order valence-corrected chi connectivity index (χ3v) is 6.45. The van der Waals surface area contributed by atoms with Crippen LogP contribution in [0.15, 0.2) is 59.6 Å². The van der Waals surface area contributed by atoms with E-state index in [9.17, 15) is 4.79 Å². The quantitative estimate of drug-likeness (QED) is 0.234. The normalized spacial score (nSPS) is 16.8. The lowest BCUT2D eigenvalue weighted by Gasteiger charge is -2.33. The minimum atomic E-state index is 0. The topological polar surface area (TPSA) is 60.0 Å². The Hall–Kier alpha value is -2.13. The fourth-order valence-electron chi connectivity index (χ4n) is 4.58. The van der Waals surface area contributed by atoms with Crippen LogP contribution in [0.3, 0.4) is 0 Å². The highest BCUT2D eigenvalue weighted by atomic mass is 127. The van der Waals surface area contributed by atoms with E-state index in [-0.39, 0.29) is 29.9 Å². The Morgan fingerprint density at radius 3 is 2.27 bits per heavy atom. The van der Waals surface area contributed by atoms with Gasteiger partial charge < -0.3 is 15.5 Å². The number of nitrogens with zero attached hydrogens (tertiary/aromatic N) is 3. The summed E-state index contributed by atoms with van der Waals surface area (Å²) < 4.78 is 0. The van der Waals surface area contributed by atoms with E-state index in [4.69, 9.17) is 0 Å². The number of halogens is 1. The maximum absolute atomic E-state index is 12.6. The lowest BCUT2D eigenvalue weighted by atomic mass is 10.0. The Balaban J connectivity index is 0.00000306. The van der Waals surface area contributed by atoms with Crippen LogP contribution < -0.4 is 10.6 Å². The molecular weight excluding hydrogens is 525 g/mol. The van der Waals surface area contributed by atoms with E-state index in [1.165, 1.54) is 16.7 Å². The van der Waals surface area contributed by atoms with Gasteiger partial charge in [0.25, 0.3) is 0 Å². The van der Waals surface area contributed by atoms with Gasteiger partial charge in [-0.1, -0.05) is 54.6 Å². The van der Waals surface area contributed by atoms with Gasteiger partial charge in [0, 0.05) is 58.8 Å². The molecule has 0 aliphatic carbocycles. The molecular formula is C26H36IN5O. The number of hydrogen-bond donors (Lipinski definition) is 2. The van der Waals surface area contributed by atoms with Gasteiger partial charge in [-0.15, -0.1) is 24.0 Å². The maximum atomic E-state index is 12.6. The number of rotatable bonds is 7. The molecule has 7 heteroatoms. The Morgan fingerprint density at radius 2 is 1.64 bits per heavy atom. The van der Waals surface area contributed by atoms with Gasteiger partial charge in [0.2, 0.25) is 5.91 Å². The first-order chi connectivity index (χ1) is 15.7. The SMILES string of the molecule is CN=C(NCCCC(=O)N1Cc2ccccc2C1)NC1CCN(Cc2ccccc2)CC1.I. The molecule has 2 aliphatic rings. The molecule has 4 rings (SSSR count). The molecule has 0 radical (unpaired) electrons. The van der Waals surface area contributed by atoms with Gasteiger partial charge in [-0.25, -0.2) is 0 Å². The van der Waals surface area contributed by atoms with Crippen LogP contribution in [0, 0.1) is 0 Å². The summed E-state index contributed by atoms with van der Waals surface area (Å²) in [5.74, 6) is 1.07. The number of piperidine rings is 1. The highest BCUT2D eigenvalue weighted by molar-refractivity contribution is 14.0. The minimum absolute atomic E-state index is 0. The van der Waals surface area contributed by atoms with Crippen LogP contribution in [0.2, 0.25) is 0 Å². The summed E-state index contributed by atoms with van der Waals surface area (Å²) in [7, 11) is 1.81. The van der Waals surface area contributed by atoms with E-state index in [1.54, 1.807) is 0 Å². The van der Waals surface area contributed by atoms with Gasteiger partial charge in [0.1, 0.15) is 0 Å². The third-order valence-electron chi connectivity index (χ3n) is 6.45. The van der Waals surface area contributed by atoms with E-state index in [2.05, 4.69) is 63.0 Å². The largest absolute Gasteiger partial charge is 0.356 e. The van der Waals surface area contributed by atoms with Gasteiger partial charge in [0.05, 0.1) is 0 Å². The fraction of sp³-hybridized carbons (Fsp3) is 0.462. The van der Waals surface area contributed by atoms with Crippen molar-refractivity contribution >= 4 is 35.8 Å². The summed E-state index contributed by atoms with van der Waals surface area (Å²) in [6, 6.07) is 19.4. The number of benzene rings is 2. The second-order valence-corrected chi connectivity index (χ2v) is 8.80. The van der Waals surface area contributed by atoms with Crippen molar-refractivity contribution in [2.75, 3.05) is 26.7 Å². The van der Waals surface area contributed by atoms with Crippen molar-refractivity contribution in [3.05, 3.63) is 71.3 Å². The average molecular weight is 562 g/mol. The van der Waals surface area contributed by atoms with Crippen molar-refractivity contribution in [3.63, 3.8) is 0 Å². The monoisotopic (exact) mass is 561 g/mol. The number of amides is 1. The lowest BCUT2D eigenvalue weighted by molar-refractivity contribution is -0.131. The summed E-state index contributed by atoms with van der Waals surface area (Å²) in [6.07, 6.45) is 3.60. The molecule has 0 aromatic heterocycles. The summed E-state index contributed by atoms with van der Waals surface area (Å²) in [4.78, 5) is 21.4. The van der Waals surface area contributed by atoms with Crippen LogP contribution in [-0.4, -0.2) is 54.4 Å². The van der Waals surface area contributed by atoms with Gasteiger partial charge >= 0.3 is 0 Å². The van der Waals surface area contributed by atoms with E-state index in [0.717, 1.165) is 64.5 Å². The van der Waals surface area contributed by atoms with E-state index >= 15 is 0 Å². The minimum Gasteiger partial charge on any atom is -0.356 e. The summed E-state index contributed by atoms with van der Waals surface area (Å²) in [6.45, 7) is 5.45. The predicted molar refractivity (Wildman–Crippen MR) is 145 cm³/mol. The average Bonchev–Trinajstić information content (AvgIpc) is 3.27. The van der Waals surface area contributed by atoms with Gasteiger partial charge in [0.15, 0.2) is 5.96 Å². The Morgan fingerprint density at radius 1 is 1.00 bits per heavy atom. The molecule has 1 fully saturated rings. The Bertz CT molecular complexity index is 887. The van der Waals surface area contributed by atoms with E-state index in [0.29, 0.717) is 12.5 Å². The molecule has 1 amide bonds. The summed E-state index contributed by atoms with van der Waals surface area (Å²) in [5.41, 5.74) is 3.93. The molecule has 2 aromatic rings. The maximum Gasteiger partial charge on any atom is 0.223 e. The first kappa shape index (κ1) is 25.5. The predicted octanol–water partition coefficient (Wildman–Crippen LogP) is 3.76. The van der Waals surface area contributed by atoms with Crippen LogP contribution >= 0.6 is 24.0 Å². The summed E-state index contributed by atoms with van der Waals surface area (Å²) in [5, 5.41) is 6.95. The Kier molecular flexibility index (Phi) is 9.99. The number of hydrogen-bond acceptors (Lipinski definition) is 3. The smallest absolute Gasteiger partial charge is 0.223 e. The number of likely N-dealkylation sites (tertiary alicyclic amines) is 1.